The fraction of sp³-hybridized carbons (Fsp3) is 1.00. The molecule has 0 atom stereocenters. The molecular weight excluding hydrogens is 234 g/mol. The molecule has 4 aliphatic carbocycles. The zero-order valence-corrected chi connectivity index (χ0v) is 11.5. The number of quaternary nitrogens is 1. The van der Waals surface area contributed by atoms with Crippen LogP contribution in [0.3, 0.4) is 0 Å². The molecule has 0 aromatic carbocycles. The maximum atomic E-state index is 4.25. The second-order valence-corrected chi connectivity index (χ2v) is 9.37. The van der Waals surface area contributed by atoms with Crippen molar-refractivity contribution in [1.29, 1.82) is 0 Å². The third-order valence-electron chi connectivity index (χ3n) is 5.37. The highest BCUT2D eigenvalue weighted by molar-refractivity contribution is 8.18. The fourth-order valence-electron chi connectivity index (χ4n) is 4.90. The Morgan fingerprint density at radius 2 is 1.31 bits per heavy atom. The molecule has 0 radical (unpaired) electrons. The van der Waals surface area contributed by atoms with E-state index in [0.29, 0.717) is 10.1 Å². The summed E-state index contributed by atoms with van der Waals surface area (Å²) < 4.78 is 0.654. The summed E-state index contributed by atoms with van der Waals surface area (Å²) >= 11 is 4.62. The molecular formula is C13H22NS2+. The van der Waals surface area contributed by atoms with Gasteiger partial charge in [0.15, 0.2) is 0 Å². The van der Waals surface area contributed by atoms with Gasteiger partial charge in [-0.1, -0.05) is 0 Å². The predicted octanol–water partition coefficient (Wildman–Crippen LogP) is 2.23. The molecule has 5 aliphatic rings. The fourth-order valence-corrected chi connectivity index (χ4v) is 8.73. The molecule has 0 aromatic rings. The van der Waals surface area contributed by atoms with Gasteiger partial charge in [-0.05, 0) is 55.8 Å². The lowest BCUT2D eigenvalue weighted by Gasteiger charge is -2.61. The van der Waals surface area contributed by atoms with Gasteiger partial charge in [-0.25, -0.2) is 0 Å². The Hall–Kier alpha value is 0.660. The molecule has 5 fully saturated rings. The number of hydrogen-bond acceptors (Lipinski definition) is 2. The minimum absolute atomic E-state index is 0.654. The normalized spacial score (nSPS) is 59.4. The van der Waals surface area contributed by atoms with Crippen molar-refractivity contribution < 1.29 is 5.73 Å². The summed E-state index contributed by atoms with van der Waals surface area (Å²) in [4.78, 5) is 0. The zero-order chi connectivity index (χ0) is 10.8. The van der Waals surface area contributed by atoms with Crippen LogP contribution in [0.2, 0.25) is 0 Å². The Morgan fingerprint density at radius 3 is 1.81 bits per heavy atom. The van der Waals surface area contributed by atoms with E-state index in [4.69, 9.17) is 0 Å². The number of rotatable bonds is 0. The lowest BCUT2D eigenvalue weighted by molar-refractivity contribution is -0.404. The predicted molar refractivity (Wildman–Crippen MR) is 71.4 cm³/mol. The van der Waals surface area contributed by atoms with E-state index in [2.05, 4.69) is 29.3 Å². The largest absolute Gasteiger partial charge is 0.354 e. The van der Waals surface area contributed by atoms with Crippen LogP contribution >= 0.6 is 23.5 Å². The maximum absolute atomic E-state index is 4.25. The van der Waals surface area contributed by atoms with Gasteiger partial charge in [-0.15, -0.1) is 23.5 Å². The Balaban J connectivity index is 1.64. The van der Waals surface area contributed by atoms with Crippen molar-refractivity contribution in [2.45, 2.75) is 42.2 Å². The average Bonchev–Trinajstić information content (AvgIpc) is 2.27. The molecule has 4 bridgehead atoms. The van der Waals surface area contributed by atoms with Gasteiger partial charge in [0.05, 0.1) is 4.08 Å². The average molecular weight is 256 g/mol. The van der Waals surface area contributed by atoms with Crippen molar-refractivity contribution in [1.82, 2.24) is 0 Å². The Morgan fingerprint density at radius 1 is 0.812 bits per heavy atom. The van der Waals surface area contributed by atoms with Crippen molar-refractivity contribution in [2.24, 2.45) is 23.7 Å². The first-order valence-corrected chi connectivity index (χ1v) is 8.84. The lowest BCUT2D eigenvalue weighted by atomic mass is 9.56. The first kappa shape index (κ1) is 10.6. The summed E-state index contributed by atoms with van der Waals surface area (Å²) in [6.45, 7) is 0. The minimum Gasteiger partial charge on any atom is -0.354 e. The lowest BCUT2D eigenvalue weighted by Crippen LogP contribution is -2.67. The van der Waals surface area contributed by atoms with E-state index in [1.54, 1.807) is 32.1 Å². The van der Waals surface area contributed by atoms with Crippen LogP contribution < -0.4 is 5.73 Å². The van der Waals surface area contributed by atoms with E-state index < -0.39 is 0 Å². The molecule has 16 heavy (non-hydrogen) atoms. The van der Waals surface area contributed by atoms with Crippen molar-refractivity contribution in [3.05, 3.63) is 0 Å². The van der Waals surface area contributed by atoms with Crippen LogP contribution in [0, 0.1) is 23.7 Å². The summed E-state index contributed by atoms with van der Waals surface area (Å²) in [5.74, 6) is 7.01. The van der Waals surface area contributed by atoms with E-state index in [0.717, 1.165) is 23.7 Å². The molecule has 0 amide bonds. The smallest absolute Gasteiger partial charge is 0.103 e. The SMILES string of the molecule is [NH3+]C1CSC2(SC1)C1CC3CC(C1)CC2C3. The van der Waals surface area contributed by atoms with Gasteiger partial charge < -0.3 is 5.73 Å². The third kappa shape index (κ3) is 1.37. The van der Waals surface area contributed by atoms with Gasteiger partial charge in [0.2, 0.25) is 0 Å². The van der Waals surface area contributed by atoms with Crippen molar-refractivity contribution >= 4 is 23.5 Å². The van der Waals surface area contributed by atoms with Crippen molar-refractivity contribution in [3.8, 4) is 0 Å². The van der Waals surface area contributed by atoms with E-state index in [9.17, 15) is 0 Å². The van der Waals surface area contributed by atoms with E-state index in [1.807, 2.05) is 0 Å². The zero-order valence-electron chi connectivity index (χ0n) is 9.86. The third-order valence-corrected chi connectivity index (χ3v) is 9.58. The van der Waals surface area contributed by atoms with Gasteiger partial charge in [0.25, 0.3) is 0 Å². The molecule has 0 aromatic heterocycles. The molecule has 0 unspecified atom stereocenters. The van der Waals surface area contributed by atoms with Crippen LogP contribution in [0.5, 0.6) is 0 Å². The van der Waals surface area contributed by atoms with Gasteiger partial charge in [-0.2, -0.15) is 0 Å². The molecule has 5 rings (SSSR count). The first-order valence-electron chi connectivity index (χ1n) is 6.87. The van der Waals surface area contributed by atoms with Crippen LogP contribution in [-0.4, -0.2) is 21.6 Å². The molecule has 3 N–H and O–H groups in total. The topological polar surface area (TPSA) is 27.6 Å². The maximum Gasteiger partial charge on any atom is 0.103 e. The van der Waals surface area contributed by atoms with Gasteiger partial charge in [0, 0.05) is 11.5 Å². The van der Waals surface area contributed by atoms with E-state index >= 15 is 0 Å². The first-order chi connectivity index (χ1) is 7.76. The van der Waals surface area contributed by atoms with Crippen LogP contribution in [-0.2, 0) is 0 Å². The quantitative estimate of drug-likeness (QED) is 0.720. The van der Waals surface area contributed by atoms with Gasteiger partial charge in [-0.3, -0.25) is 0 Å². The molecule has 4 saturated carbocycles. The summed E-state index contributed by atoms with van der Waals surface area (Å²) in [6, 6.07) is 0.706. The van der Waals surface area contributed by atoms with Crippen molar-refractivity contribution in [2.75, 3.05) is 11.5 Å². The second kappa shape index (κ2) is 3.58. The van der Waals surface area contributed by atoms with E-state index in [1.165, 1.54) is 11.5 Å². The Bertz CT molecular complexity index is 266. The molecule has 90 valence electrons. The Labute approximate surface area is 107 Å². The molecule has 1 nitrogen and oxygen atoms in total. The van der Waals surface area contributed by atoms with Crippen LogP contribution in [0.4, 0.5) is 0 Å². The summed E-state index contributed by atoms with van der Waals surface area (Å²) in [6.07, 6.45) is 7.84. The minimum atomic E-state index is 0.654. The monoisotopic (exact) mass is 256 g/mol. The highest BCUT2D eigenvalue weighted by Crippen LogP contribution is 2.67. The van der Waals surface area contributed by atoms with Gasteiger partial charge >= 0.3 is 0 Å². The molecule has 1 heterocycles. The summed E-state index contributed by atoms with van der Waals surface area (Å²) in [5, 5.41) is 0. The van der Waals surface area contributed by atoms with Crippen LogP contribution in [0.1, 0.15) is 32.1 Å². The molecule has 3 heteroatoms. The molecule has 1 spiro atoms. The Kier molecular flexibility index (Phi) is 2.37. The standard InChI is InChI=1S/C13H21NS2/c14-12-6-15-13(16-7-12)10-2-8-1-9(4-10)5-11(13)3-8/h8-12H,1-7,14H2/p+1. The highest BCUT2D eigenvalue weighted by atomic mass is 32.2. The highest BCUT2D eigenvalue weighted by Gasteiger charge is 2.58. The summed E-state index contributed by atoms with van der Waals surface area (Å²) in [5.41, 5.74) is 4.25. The number of thioether (sulfide) groups is 2. The summed E-state index contributed by atoms with van der Waals surface area (Å²) in [7, 11) is 0. The molecule has 1 saturated heterocycles. The van der Waals surface area contributed by atoms with Gasteiger partial charge in [0.1, 0.15) is 6.04 Å². The van der Waals surface area contributed by atoms with Crippen LogP contribution in [0.15, 0.2) is 0 Å². The second-order valence-electron chi connectivity index (χ2n) is 6.51. The molecule has 1 aliphatic heterocycles. The number of hydrogen-bond donors (Lipinski definition) is 1. The van der Waals surface area contributed by atoms with Crippen molar-refractivity contribution in [3.63, 3.8) is 0 Å². The van der Waals surface area contributed by atoms with Crippen LogP contribution in [0.25, 0.3) is 0 Å². The van der Waals surface area contributed by atoms with E-state index in [-0.39, 0.29) is 0 Å².